The molecule has 1 atom stereocenters. The number of nitrogens with one attached hydrogen (secondary N) is 1. The van der Waals surface area contributed by atoms with Crippen LogP contribution in [0.3, 0.4) is 0 Å². The van der Waals surface area contributed by atoms with Crippen molar-refractivity contribution < 1.29 is 18.3 Å². The van der Waals surface area contributed by atoms with Gasteiger partial charge < -0.3 is 9.84 Å². The fraction of sp³-hybridized carbons (Fsp3) is 0.538. The van der Waals surface area contributed by atoms with Gasteiger partial charge in [0.1, 0.15) is 5.75 Å². The Bertz CT molecular complexity index is 536. The van der Waals surface area contributed by atoms with Gasteiger partial charge in [0.15, 0.2) is 0 Å². The van der Waals surface area contributed by atoms with Crippen molar-refractivity contribution in [3.8, 4) is 5.75 Å². The molecule has 0 aliphatic rings. The Hall–Kier alpha value is -1.11. The van der Waals surface area contributed by atoms with E-state index in [1.165, 1.54) is 13.2 Å². The molecule has 19 heavy (non-hydrogen) atoms. The van der Waals surface area contributed by atoms with Crippen LogP contribution in [0.15, 0.2) is 23.1 Å². The fourth-order valence-corrected chi connectivity index (χ4v) is 3.17. The van der Waals surface area contributed by atoms with Crippen LogP contribution in [-0.2, 0) is 10.0 Å². The molecule has 0 spiro atoms. The second kappa shape index (κ2) is 5.90. The molecule has 0 heterocycles. The maximum Gasteiger partial charge on any atom is 0.241 e. The van der Waals surface area contributed by atoms with Crippen molar-refractivity contribution in [3.63, 3.8) is 0 Å². The Morgan fingerprint density at radius 1 is 1.42 bits per heavy atom. The third-order valence-corrected chi connectivity index (χ3v) is 4.82. The summed E-state index contributed by atoms with van der Waals surface area (Å²) in [4.78, 5) is 0.166. The van der Waals surface area contributed by atoms with E-state index in [4.69, 9.17) is 4.74 Å². The van der Waals surface area contributed by atoms with Crippen molar-refractivity contribution in [2.45, 2.75) is 37.6 Å². The van der Waals surface area contributed by atoms with Crippen LogP contribution in [0, 0.1) is 6.92 Å². The summed E-state index contributed by atoms with van der Waals surface area (Å²) in [6.07, 6.45) is 0.498. The van der Waals surface area contributed by atoms with Gasteiger partial charge in [0.25, 0.3) is 0 Å². The number of aliphatic hydroxyl groups excluding tert-OH is 1. The third-order valence-electron chi connectivity index (χ3n) is 3.19. The maximum absolute atomic E-state index is 12.3. The highest BCUT2D eigenvalue weighted by Crippen LogP contribution is 2.22. The topological polar surface area (TPSA) is 75.6 Å². The quantitative estimate of drug-likeness (QED) is 0.830. The van der Waals surface area contributed by atoms with Crippen LogP contribution in [0.4, 0.5) is 0 Å². The molecule has 0 saturated carbocycles. The molecular formula is C13H21NO4S. The van der Waals surface area contributed by atoms with Crippen molar-refractivity contribution in [2.24, 2.45) is 0 Å². The molecule has 1 unspecified atom stereocenters. The molecule has 0 amide bonds. The lowest BCUT2D eigenvalue weighted by Crippen LogP contribution is -2.48. The molecule has 108 valence electrons. The third kappa shape index (κ3) is 3.68. The van der Waals surface area contributed by atoms with Crippen LogP contribution < -0.4 is 9.46 Å². The Kier molecular flexibility index (Phi) is 4.95. The first-order valence-electron chi connectivity index (χ1n) is 6.07. The second-order valence-corrected chi connectivity index (χ2v) is 6.49. The first-order valence-corrected chi connectivity index (χ1v) is 7.56. The van der Waals surface area contributed by atoms with Crippen molar-refractivity contribution in [1.82, 2.24) is 4.72 Å². The minimum atomic E-state index is -3.66. The summed E-state index contributed by atoms with van der Waals surface area (Å²) >= 11 is 0. The molecule has 0 saturated heterocycles. The van der Waals surface area contributed by atoms with E-state index < -0.39 is 15.6 Å². The van der Waals surface area contributed by atoms with Gasteiger partial charge in [-0.05, 0) is 44.0 Å². The summed E-state index contributed by atoms with van der Waals surface area (Å²) in [7, 11) is -2.12. The van der Waals surface area contributed by atoms with E-state index in [9.17, 15) is 13.5 Å². The van der Waals surface area contributed by atoms with E-state index in [-0.39, 0.29) is 11.5 Å². The number of benzene rings is 1. The lowest BCUT2D eigenvalue weighted by atomic mass is 10.0. The highest BCUT2D eigenvalue weighted by atomic mass is 32.2. The average Bonchev–Trinajstić information content (AvgIpc) is 2.38. The van der Waals surface area contributed by atoms with Crippen molar-refractivity contribution in [1.29, 1.82) is 0 Å². The number of rotatable bonds is 6. The molecule has 0 aliphatic carbocycles. The van der Waals surface area contributed by atoms with E-state index >= 15 is 0 Å². The molecule has 1 rings (SSSR count). The van der Waals surface area contributed by atoms with Gasteiger partial charge in [0.2, 0.25) is 10.0 Å². The number of aliphatic hydroxyl groups is 1. The van der Waals surface area contributed by atoms with Gasteiger partial charge in [-0.2, -0.15) is 0 Å². The lowest BCUT2D eigenvalue weighted by Gasteiger charge is -2.26. The smallest absolute Gasteiger partial charge is 0.241 e. The van der Waals surface area contributed by atoms with Crippen molar-refractivity contribution >= 4 is 10.0 Å². The Labute approximate surface area is 114 Å². The van der Waals surface area contributed by atoms with Crippen LogP contribution in [0.2, 0.25) is 0 Å². The average molecular weight is 287 g/mol. The Morgan fingerprint density at radius 2 is 2.05 bits per heavy atom. The van der Waals surface area contributed by atoms with Gasteiger partial charge in [-0.25, -0.2) is 13.1 Å². The number of aryl methyl sites for hydroxylation is 1. The first kappa shape index (κ1) is 15.9. The standard InChI is InChI=1S/C13H21NO4S/c1-5-13(3,9-15)14-19(16,17)11-6-7-12(18-4)10(2)8-11/h6-8,14-15H,5,9H2,1-4H3. The van der Waals surface area contributed by atoms with E-state index in [2.05, 4.69) is 4.72 Å². The highest BCUT2D eigenvalue weighted by molar-refractivity contribution is 7.89. The van der Waals surface area contributed by atoms with E-state index in [0.29, 0.717) is 12.2 Å². The molecule has 0 aliphatic heterocycles. The summed E-state index contributed by atoms with van der Waals surface area (Å²) in [6.45, 7) is 5.01. The Balaban J connectivity index is 3.11. The van der Waals surface area contributed by atoms with E-state index in [1.54, 1.807) is 26.0 Å². The zero-order chi connectivity index (χ0) is 14.7. The van der Waals surface area contributed by atoms with Crippen LogP contribution in [0.5, 0.6) is 5.75 Å². The minimum absolute atomic E-state index is 0.166. The van der Waals surface area contributed by atoms with Gasteiger partial charge in [-0.3, -0.25) is 0 Å². The zero-order valence-corrected chi connectivity index (χ0v) is 12.5. The lowest BCUT2D eigenvalue weighted by molar-refractivity contribution is 0.191. The summed E-state index contributed by atoms with van der Waals surface area (Å²) in [6, 6.07) is 4.66. The molecule has 1 aromatic carbocycles. The second-order valence-electron chi connectivity index (χ2n) is 4.81. The van der Waals surface area contributed by atoms with E-state index in [0.717, 1.165) is 5.56 Å². The SMILES string of the molecule is CCC(C)(CO)NS(=O)(=O)c1ccc(OC)c(C)c1. The normalized spacial score (nSPS) is 15.0. The predicted octanol–water partition coefficient (Wildman–Crippen LogP) is 1.44. The maximum atomic E-state index is 12.3. The molecule has 2 N–H and O–H groups in total. The Morgan fingerprint density at radius 3 is 2.47 bits per heavy atom. The highest BCUT2D eigenvalue weighted by Gasteiger charge is 2.28. The van der Waals surface area contributed by atoms with Crippen molar-refractivity contribution in [3.05, 3.63) is 23.8 Å². The van der Waals surface area contributed by atoms with Gasteiger partial charge >= 0.3 is 0 Å². The summed E-state index contributed by atoms with van der Waals surface area (Å²) in [5.74, 6) is 0.638. The summed E-state index contributed by atoms with van der Waals surface area (Å²) in [5, 5.41) is 9.29. The molecule has 5 nitrogen and oxygen atoms in total. The molecular weight excluding hydrogens is 266 g/mol. The fourth-order valence-electron chi connectivity index (χ4n) is 1.62. The van der Waals surface area contributed by atoms with Gasteiger partial charge in [0, 0.05) is 0 Å². The monoisotopic (exact) mass is 287 g/mol. The minimum Gasteiger partial charge on any atom is -0.496 e. The number of sulfonamides is 1. The van der Waals surface area contributed by atoms with Crippen molar-refractivity contribution in [2.75, 3.05) is 13.7 Å². The largest absolute Gasteiger partial charge is 0.496 e. The zero-order valence-electron chi connectivity index (χ0n) is 11.7. The number of hydrogen-bond acceptors (Lipinski definition) is 4. The van der Waals surface area contributed by atoms with Gasteiger partial charge in [0.05, 0.1) is 24.2 Å². The predicted molar refractivity (Wildman–Crippen MR) is 73.8 cm³/mol. The molecule has 0 fully saturated rings. The van der Waals surface area contributed by atoms with Gasteiger partial charge in [-0.1, -0.05) is 6.92 Å². The molecule has 1 aromatic rings. The van der Waals surface area contributed by atoms with Gasteiger partial charge in [-0.15, -0.1) is 0 Å². The summed E-state index contributed by atoms with van der Waals surface area (Å²) < 4.78 is 32.1. The number of hydrogen-bond donors (Lipinski definition) is 2. The van der Waals surface area contributed by atoms with E-state index in [1.807, 2.05) is 6.92 Å². The number of methoxy groups -OCH3 is 1. The van der Waals surface area contributed by atoms with Crippen LogP contribution in [-0.4, -0.2) is 32.8 Å². The molecule has 6 heteroatoms. The number of ether oxygens (including phenoxy) is 1. The van der Waals surface area contributed by atoms with Crippen LogP contribution in [0.1, 0.15) is 25.8 Å². The van der Waals surface area contributed by atoms with Crippen LogP contribution in [0.25, 0.3) is 0 Å². The molecule has 0 aromatic heterocycles. The first-order chi connectivity index (χ1) is 8.78. The summed E-state index contributed by atoms with van der Waals surface area (Å²) in [5.41, 5.74) is -0.111. The molecule has 0 bridgehead atoms. The molecule has 0 radical (unpaired) electrons. The van der Waals surface area contributed by atoms with Crippen LogP contribution >= 0.6 is 0 Å².